The van der Waals surface area contributed by atoms with Gasteiger partial charge in [0.2, 0.25) is 15.9 Å². The summed E-state index contributed by atoms with van der Waals surface area (Å²) in [5.41, 5.74) is 1.01. The summed E-state index contributed by atoms with van der Waals surface area (Å²) in [5.74, 6) is -1.28. The Bertz CT molecular complexity index is 675. The molecular formula is C13H16N2O5S2. The van der Waals surface area contributed by atoms with E-state index in [0.29, 0.717) is 24.3 Å². The van der Waals surface area contributed by atoms with Crippen LogP contribution in [0.25, 0.3) is 0 Å². The molecule has 9 heteroatoms. The molecule has 1 amide bonds. The highest BCUT2D eigenvalue weighted by atomic mass is 32.2. The van der Waals surface area contributed by atoms with E-state index in [1.165, 1.54) is 4.31 Å². The summed E-state index contributed by atoms with van der Waals surface area (Å²) >= 11 is 1.00. The second kappa shape index (κ2) is 7.01. The van der Waals surface area contributed by atoms with E-state index < -0.39 is 16.0 Å². The molecular weight excluding hydrogens is 328 g/mol. The van der Waals surface area contributed by atoms with Gasteiger partial charge in [-0.15, -0.1) is 11.8 Å². The lowest BCUT2D eigenvalue weighted by Gasteiger charge is -2.17. The quantitative estimate of drug-likeness (QED) is 0.797. The van der Waals surface area contributed by atoms with E-state index >= 15 is 0 Å². The van der Waals surface area contributed by atoms with Crippen molar-refractivity contribution < 1.29 is 23.1 Å². The number of benzene rings is 1. The SMILES string of the molecule is O=C(O)CSCC(=O)Nc1cccc(N2CCCS2(=O)=O)c1. The first-order chi connectivity index (χ1) is 10.4. The number of carbonyl (C=O) groups is 2. The molecule has 0 spiro atoms. The van der Waals surface area contributed by atoms with Gasteiger partial charge in [0.25, 0.3) is 0 Å². The molecule has 2 N–H and O–H groups in total. The van der Waals surface area contributed by atoms with Gasteiger partial charge in [-0.25, -0.2) is 8.42 Å². The van der Waals surface area contributed by atoms with E-state index in [0.717, 1.165) is 11.8 Å². The molecule has 0 radical (unpaired) electrons. The Morgan fingerprint density at radius 1 is 1.32 bits per heavy atom. The lowest BCUT2D eigenvalue weighted by atomic mass is 10.2. The maximum absolute atomic E-state index is 11.9. The molecule has 1 heterocycles. The highest BCUT2D eigenvalue weighted by molar-refractivity contribution is 8.00. The predicted molar refractivity (Wildman–Crippen MR) is 85.8 cm³/mol. The van der Waals surface area contributed by atoms with E-state index in [4.69, 9.17) is 5.11 Å². The molecule has 2 rings (SSSR count). The zero-order valence-electron chi connectivity index (χ0n) is 11.7. The van der Waals surface area contributed by atoms with Crippen LogP contribution in [0.3, 0.4) is 0 Å². The van der Waals surface area contributed by atoms with E-state index in [2.05, 4.69) is 5.32 Å². The third-order valence-corrected chi connectivity index (χ3v) is 5.76. The van der Waals surface area contributed by atoms with Gasteiger partial charge in [-0.3, -0.25) is 13.9 Å². The molecule has 0 atom stereocenters. The monoisotopic (exact) mass is 344 g/mol. The van der Waals surface area contributed by atoms with Crippen LogP contribution in [0.2, 0.25) is 0 Å². The molecule has 0 bridgehead atoms. The number of hydrogen-bond acceptors (Lipinski definition) is 5. The van der Waals surface area contributed by atoms with E-state index in [9.17, 15) is 18.0 Å². The Balaban J connectivity index is 2.00. The molecule has 0 aromatic heterocycles. The number of sulfonamides is 1. The van der Waals surface area contributed by atoms with Crippen molar-refractivity contribution in [1.29, 1.82) is 0 Å². The van der Waals surface area contributed by atoms with Crippen LogP contribution in [-0.2, 0) is 19.6 Å². The Kier molecular flexibility index (Phi) is 5.30. The van der Waals surface area contributed by atoms with Crippen LogP contribution in [0.5, 0.6) is 0 Å². The van der Waals surface area contributed by atoms with Gasteiger partial charge in [-0.2, -0.15) is 0 Å². The Hall–Kier alpha value is -1.74. The molecule has 0 aliphatic carbocycles. The van der Waals surface area contributed by atoms with Crippen LogP contribution < -0.4 is 9.62 Å². The van der Waals surface area contributed by atoms with E-state index in [1.54, 1.807) is 24.3 Å². The summed E-state index contributed by atoms with van der Waals surface area (Å²) < 4.78 is 25.1. The predicted octanol–water partition coefficient (Wildman–Crippen LogP) is 0.983. The van der Waals surface area contributed by atoms with Gasteiger partial charge in [0.15, 0.2) is 0 Å². The topological polar surface area (TPSA) is 104 Å². The van der Waals surface area contributed by atoms with Gasteiger partial charge in [0, 0.05) is 12.2 Å². The van der Waals surface area contributed by atoms with Crippen molar-refractivity contribution in [2.75, 3.05) is 33.4 Å². The number of hydrogen-bond donors (Lipinski definition) is 2. The number of carbonyl (C=O) groups excluding carboxylic acids is 1. The number of carboxylic acids is 1. The van der Waals surface area contributed by atoms with Gasteiger partial charge in [-0.1, -0.05) is 6.07 Å². The molecule has 1 aromatic rings. The third kappa shape index (κ3) is 4.38. The minimum Gasteiger partial charge on any atom is -0.481 e. The van der Waals surface area contributed by atoms with Crippen molar-refractivity contribution in [3.63, 3.8) is 0 Å². The molecule has 1 saturated heterocycles. The number of amides is 1. The molecule has 1 aromatic carbocycles. The number of rotatable bonds is 6. The first-order valence-corrected chi connectivity index (χ1v) is 9.35. The lowest BCUT2D eigenvalue weighted by molar-refractivity contribution is -0.133. The molecule has 1 fully saturated rings. The average molecular weight is 344 g/mol. The number of aliphatic carboxylic acids is 1. The largest absolute Gasteiger partial charge is 0.481 e. The summed E-state index contributed by atoms with van der Waals surface area (Å²) in [4.78, 5) is 22.1. The Morgan fingerprint density at radius 2 is 2.09 bits per heavy atom. The fraction of sp³-hybridized carbons (Fsp3) is 0.385. The standard InChI is InChI=1S/C13H16N2O5S2/c16-12(8-21-9-13(17)18)14-10-3-1-4-11(7-10)15-5-2-6-22(15,19)20/h1,3-4,7H,2,5-6,8-9H2,(H,14,16)(H,17,18). The van der Waals surface area contributed by atoms with Crippen LogP contribution in [0.4, 0.5) is 11.4 Å². The van der Waals surface area contributed by atoms with Crippen LogP contribution in [-0.4, -0.2) is 49.2 Å². The second-order valence-corrected chi connectivity index (χ2v) is 7.73. The molecule has 1 aliphatic heterocycles. The van der Waals surface area contributed by atoms with Crippen molar-refractivity contribution in [3.8, 4) is 0 Å². The number of anilines is 2. The van der Waals surface area contributed by atoms with Crippen molar-refractivity contribution in [2.24, 2.45) is 0 Å². The summed E-state index contributed by atoms with van der Waals surface area (Å²) in [6.45, 7) is 0.439. The van der Waals surface area contributed by atoms with Crippen LogP contribution >= 0.6 is 11.8 Å². The van der Waals surface area contributed by atoms with Crippen molar-refractivity contribution in [3.05, 3.63) is 24.3 Å². The molecule has 7 nitrogen and oxygen atoms in total. The Labute approximate surface area is 132 Å². The molecule has 1 aliphatic rings. The maximum atomic E-state index is 11.9. The second-order valence-electron chi connectivity index (χ2n) is 4.73. The highest BCUT2D eigenvalue weighted by Gasteiger charge is 2.28. The fourth-order valence-electron chi connectivity index (χ4n) is 2.10. The summed E-state index contributed by atoms with van der Waals surface area (Å²) in [6.07, 6.45) is 0.588. The molecule has 22 heavy (non-hydrogen) atoms. The van der Waals surface area contributed by atoms with Crippen LogP contribution in [0.1, 0.15) is 6.42 Å². The van der Waals surface area contributed by atoms with Crippen molar-refractivity contribution in [1.82, 2.24) is 0 Å². The molecule has 0 saturated carbocycles. The summed E-state index contributed by atoms with van der Waals surface area (Å²) in [5, 5.41) is 11.1. The zero-order chi connectivity index (χ0) is 16.2. The first-order valence-electron chi connectivity index (χ1n) is 6.58. The van der Waals surface area contributed by atoms with Gasteiger partial charge in [0.1, 0.15) is 0 Å². The summed E-state index contributed by atoms with van der Waals surface area (Å²) in [6, 6.07) is 6.61. The van der Waals surface area contributed by atoms with Gasteiger partial charge < -0.3 is 10.4 Å². The minimum atomic E-state index is -3.26. The maximum Gasteiger partial charge on any atom is 0.313 e. The first kappa shape index (κ1) is 16.6. The number of nitrogens with one attached hydrogen (secondary N) is 1. The van der Waals surface area contributed by atoms with Crippen LogP contribution in [0, 0.1) is 0 Å². The van der Waals surface area contributed by atoms with E-state index in [-0.39, 0.29) is 23.2 Å². The van der Waals surface area contributed by atoms with E-state index in [1.807, 2.05) is 0 Å². The van der Waals surface area contributed by atoms with Crippen molar-refractivity contribution >= 4 is 45.0 Å². The highest BCUT2D eigenvalue weighted by Crippen LogP contribution is 2.26. The zero-order valence-corrected chi connectivity index (χ0v) is 13.3. The lowest BCUT2D eigenvalue weighted by Crippen LogP contribution is -2.25. The van der Waals surface area contributed by atoms with Crippen LogP contribution in [0.15, 0.2) is 24.3 Å². The smallest absolute Gasteiger partial charge is 0.313 e. The fourth-order valence-corrected chi connectivity index (χ4v) is 4.19. The molecule has 120 valence electrons. The third-order valence-electron chi connectivity index (χ3n) is 2.98. The molecule has 0 unspecified atom stereocenters. The Morgan fingerprint density at radius 3 is 2.73 bits per heavy atom. The summed E-state index contributed by atoms with van der Waals surface area (Å²) in [7, 11) is -3.26. The average Bonchev–Trinajstić information content (AvgIpc) is 2.78. The van der Waals surface area contributed by atoms with Gasteiger partial charge in [-0.05, 0) is 24.6 Å². The van der Waals surface area contributed by atoms with Gasteiger partial charge >= 0.3 is 5.97 Å². The van der Waals surface area contributed by atoms with Crippen molar-refractivity contribution in [2.45, 2.75) is 6.42 Å². The normalized spacial score (nSPS) is 16.5. The van der Waals surface area contributed by atoms with Gasteiger partial charge in [0.05, 0.1) is 22.9 Å². The number of carboxylic acid groups (broad SMARTS) is 1. The number of nitrogens with zero attached hydrogens (tertiary/aromatic N) is 1. The number of thioether (sulfide) groups is 1. The minimum absolute atomic E-state index is 0.0263.